The number of nitrogens with zero attached hydrogens (tertiary/aromatic N) is 1. The Morgan fingerprint density at radius 3 is 2.71 bits per heavy atom. The van der Waals surface area contributed by atoms with Gasteiger partial charge >= 0.3 is 0 Å². The molecule has 2 aromatic rings. The van der Waals surface area contributed by atoms with Crippen LogP contribution in [0.25, 0.3) is 10.9 Å². The number of allylic oxidation sites excluding steroid dienone is 1. The first-order valence-corrected chi connectivity index (χ1v) is 4.36. The second-order valence-electron chi connectivity index (χ2n) is 2.99. The lowest BCUT2D eigenvalue weighted by atomic mass is 10.2. The summed E-state index contributed by atoms with van der Waals surface area (Å²) in [7, 11) is 0. The van der Waals surface area contributed by atoms with E-state index in [0.29, 0.717) is 0 Å². The molecule has 0 radical (unpaired) electrons. The quantitative estimate of drug-likeness (QED) is 0.685. The average Bonchev–Trinajstić information content (AvgIpc) is 2.18. The molecule has 1 aromatic heterocycles. The Balaban J connectivity index is 0.000000980. The summed E-state index contributed by atoms with van der Waals surface area (Å²) in [6.07, 6.45) is 2.71. The highest BCUT2D eigenvalue weighted by Gasteiger charge is 1.94. The van der Waals surface area contributed by atoms with Crippen LogP contribution in [0.5, 0.6) is 0 Å². The summed E-state index contributed by atoms with van der Waals surface area (Å²) in [5.41, 5.74) is 2.13. The Labute approximate surface area is 89.9 Å². The third kappa shape index (κ3) is 2.12. The lowest BCUT2D eigenvalue weighted by Gasteiger charge is -1.99. The Morgan fingerprint density at radius 2 is 1.93 bits per heavy atom. The predicted octanol–water partition coefficient (Wildman–Crippen LogP) is 3.39. The first kappa shape index (κ1) is 10.7. The van der Waals surface area contributed by atoms with Crippen LogP contribution < -0.4 is 0 Å². The van der Waals surface area contributed by atoms with Crippen LogP contribution in [0.15, 0.2) is 49.1 Å². The van der Waals surface area contributed by atoms with E-state index in [4.69, 9.17) is 0 Å². The molecule has 0 N–H and O–H groups in total. The second-order valence-corrected chi connectivity index (χ2v) is 2.99. The number of hydrogen-bond acceptors (Lipinski definition) is 1. The van der Waals surface area contributed by atoms with Gasteiger partial charge in [0.15, 0.2) is 0 Å². The minimum atomic E-state index is 0. The SMILES string of the molecule is C=CCc1ccc2ccccc2n1.Cl. The van der Waals surface area contributed by atoms with Crippen molar-refractivity contribution in [3.63, 3.8) is 0 Å². The van der Waals surface area contributed by atoms with Crippen LogP contribution in [0, 0.1) is 0 Å². The fraction of sp³-hybridized carbons (Fsp3) is 0.0833. The first-order valence-electron chi connectivity index (χ1n) is 4.36. The summed E-state index contributed by atoms with van der Waals surface area (Å²) in [4.78, 5) is 4.49. The average molecular weight is 206 g/mol. The minimum absolute atomic E-state index is 0. The molecule has 2 rings (SSSR count). The molecule has 0 aliphatic rings. The molecule has 0 aliphatic carbocycles. The molecule has 0 fully saturated rings. The van der Waals surface area contributed by atoms with E-state index in [0.717, 1.165) is 17.6 Å². The van der Waals surface area contributed by atoms with Crippen LogP contribution in [-0.4, -0.2) is 4.98 Å². The van der Waals surface area contributed by atoms with Crippen LogP contribution in [-0.2, 0) is 6.42 Å². The van der Waals surface area contributed by atoms with Crippen LogP contribution in [0.2, 0.25) is 0 Å². The van der Waals surface area contributed by atoms with Gasteiger partial charge in [-0.2, -0.15) is 0 Å². The van der Waals surface area contributed by atoms with Crippen molar-refractivity contribution < 1.29 is 0 Å². The zero-order valence-electron chi connectivity index (χ0n) is 7.81. The monoisotopic (exact) mass is 205 g/mol. The normalized spacial score (nSPS) is 9.43. The van der Waals surface area contributed by atoms with Crippen LogP contribution >= 0.6 is 12.4 Å². The molecule has 1 aromatic carbocycles. The Kier molecular flexibility index (Phi) is 3.66. The van der Waals surface area contributed by atoms with Crippen molar-refractivity contribution in [2.45, 2.75) is 6.42 Å². The van der Waals surface area contributed by atoms with Crippen LogP contribution in [0.1, 0.15) is 5.69 Å². The van der Waals surface area contributed by atoms with Crippen molar-refractivity contribution in [2.24, 2.45) is 0 Å². The zero-order valence-corrected chi connectivity index (χ0v) is 8.63. The molecular weight excluding hydrogens is 194 g/mol. The summed E-state index contributed by atoms with van der Waals surface area (Å²) < 4.78 is 0. The summed E-state index contributed by atoms with van der Waals surface area (Å²) in [6.45, 7) is 3.70. The highest BCUT2D eigenvalue weighted by Crippen LogP contribution is 2.11. The van der Waals surface area contributed by atoms with Crippen molar-refractivity contribution in [3.8, 4) is 0 Å². The van der Waals surface area contributed by atoms with E-state index < -0.39 is 0 Å². The molecule has 0 atom stereocenters. The smallest absolute Gasteiger partial charge is 0.0705 e. The lowest BCUT2D eigenvalue weighted by molar-refractivity contribution is 1.15. The minimum Gasteiger partial charge on any atom is -0.253 e. The molecule has 0 spiro atoms. The van der Waals surface area contributed by atoms with Crippen molar-refractivity contribution >= 4 is 23.3 Å². The highest BCUT2D eigenvalue weighted by molar-refractivity contribution is 5.85. The number of aromatic nitrogens is 1. The van der Waals surface area contributed by atoms with Gasteiger partial charge in [0, 0.05) is 17.5 Å². The molecule has 2 heteroatoms. The molecule has 0 saturated carbocycles. The van der Waals surface area contributed by atoms with Crippen molar-refractivity contribution in [2.75, 3.05) is 0 Å². The van der Waals surface area contributed by atoms with Crippen LogP contribution in [0.4, 0.5) is 0 Å². The molecule has 0 unspecified atom stereocenters. The van der Waals surface area contributed by atoms with Gasteiger partial charge in [-0.15, -0.1) is 19.0 Å². The van der Waals surface area contributed by atoms with Gasteiger partial charge in [-0.25, -0.2) is 0 Å². The molecule has 1 nitrogen and oxygen atoms in total. The summed E-state index contributed by atoms with van der Waals surface area (Å²) >= 11 is 0. The van der Waals surface area contributed by atoms with E-state index >= 15 is 0 Å². The van der Waals surface area contributed by atoms with E-state index in [1.165, 1.54) is 5.39 Å². The highest BCUT2D eigenvalue weighted by atomic mass is 35.5. The van der Waals surface area contributed by atoms with Gasteiger partial charge in [0.05, 0.1) is 5.52 Å². The maximum absolute atomic E-state index is 4.49. The molecule has 1 heterocycles. The van der Waals surface area contributed by atoms with Gasteiger partial charge in [-0.1, -0.05) is 30.3 Å². The summed E-state index contributed by atoms with van der Waals surface area (Å²) in [5, 5.41) is 1.19. The first-order chi connectivity index (χ1) is 6.40. The van der Waals surface area contributed by atoms with Gasteiger partial charge in [0.1, 0.15) is 0 Å². The number of benzene rings is 1. The van der Waals surface area contributed by atoms with E-state index in [9.17, 15) is 0 Å². The number of pyridine rings is 1. The van der Waals surface area contributed by atoms with Crippen LogP contribution in [0.3, 0.4) is 0 Å². The number of fused-ring (bicyclic) bond motifs is 1. The van der Waals surface area contributed by atoms with Crippen molar-refractivity contribution in [1.82, 2.24) is 4.98 Å². The Hall–Kier alpha value is -1.34. The fourth-order valence-electron chi connectivity index (χ4n) is 1.37. The van der Waals surface area contributed by atoms with E-state index in [-0.39, 0.29) is 12.4 Å². The second kappa shape index (κ2) is 4.77. The molecule has 0 aliphatic heterocycles. The van der Waals surface area contributed by atoms with Gasteiger partial charge in [-0.05, 0) is 12.1 Å². The molecule has 72 valence electrons. The van der Waals surface area contributed by atoms with Gasteiger partial charge in [0.2, 0.25) is 0 Å². The maximum Gasteiger partial charge on any atom is 0.0705 e. The third-order valence-electron chi connectivity index (χ3n) is 2.01. The fourth-order valence-corrected chi connectivity index (χ4v) is 1.37. The maximum atomic E-state index is 4.49. The molecule has 14 heavy (non-hydrogen) atoms. The summed E-state index contributed by atoms with van der Waals surface area (Å²) in [5.74, 6) is 0. The van der Waals surface area contributed by atoms with Crippen molar-refractivity contribution in [1.29, 1.82) is 0 Å². The lowest BCUT2D eigenvalue weighted by Crippen LogP contribution is -1.87. The number of halogens is 1. The summed E-state index contributed by atoms with van der Waals surface area (Å²) in [6, 6.07) is 12.3. The number of para-hydroxylation sites is 1. The number of hydrogen-bond donors (Lipinski definition) is 0. The van der Waals surface area contributed by atoms with Gasteiger partial charge < -0.3 is 0 Å². The molecule has 0 bridgehead atoms. The van der Waals surface area contributed by atoms with Crippen molar-refractivity contribution in [3.05, 3.63) is 54.7 Å². The Morgan fingerprint density at radius 1 is 1.14 bits per heavy atom. The van der Waals surface area contributed by atoms with E-state index in [2.05, 4.69) is 23.7 Å². The van der Waals surface area contributed by atoms with Gasteiger partial charge in [0.25, 0.3) is 0 Å². The number of rotatable bonds is 2. The standard InChI is InChI=1S/C12H11N.ClH/c1-2-5-11-9-8-10-6-3-4-7-12(10)13-11;/h2-4,6-9H,1,5H2;1H. The van der Waals surface area contributed by atoms with E-state index in [1.807, 2.05) is 30.3 Å². The third-order valence-corrected chi connectivity index (χ3v) is 2.01. The van der Waals surface area contributed by atoms with Gasteiger partial charge in [-0.3, -0.25) is 4.98 Å². The molecule has 0 amide bonds. The largest absolute Gasteiger partial charge is 0.253 e. The Bertz CT molecular complexity index is 437. The molecular formula is C12H12ClN. The predicted molar refractivity (Wildman–Crippen MR) is 62.9 cm³/mol. The topological polar surface area (TPSA) is 12.9 Å². The van der Waals surface area contributed by atoms with E-state index in [1.54, 1.807) is 0 Å². The zero-order chi connectivity index (χ0) is 9.10. The molecule has 0 saturated heterocycles.